The molecule has 4 nitrogen and oxygen atoms in total. The van der Waals surface area contributed by atoms with E-state index in [1.165, 1.54) is 0 Å². The first-order chi connectivity index (χ1) is 13.4. The van der Waals surface area contributed by atoms with E-state index in [1.54, 1.807) is 12.1 Å². The normalized spacial score (nSPS) is 10.7. The van der Waals surface area contributed by atoms with Crippen LogP contribution in [0.4, 0.5) is 5.69 Å². The predicted octanol–water partition coefficient (Wildman–Crippen LogP) is 6.03. The molecule has 150 valence electrons. The quantitative estimate of drug-likeness (QED) is 0.494. The highest BCUT2D eigenvalue weighted by atomic mass is 35.5. The number of carbonyl (C=O) groups excluding carboxylic acids is 1. The van der Waals surface area contributed by atoms with Crippen molar-refractivity contribution in [1.29, 1.82) is 0 Å². The maximum Gasteiger partial charge on any atom is 0.303 e. The van der Waals surface area contributed by atoms with Gasteiger partial charge < -0.3 is 10.0 Å². The molecule has 0 aliphatic rings. The van der Waals surface area contributed by atoms with E-state index in [0.717, 1.165) is 42.5 Å². The summed E-state index contributed by atoms with van der Waals surface area (Å²) in [6.07, 6.45) is 4.60. The minimum atomic E-state index is -0.744. The van der Waals surface area contributed by atoms with Crippen LogP contribution < -0.4 is 4.90 Å². The van der Waals surface area contributed by atoms with Crippen molar-refractivity contribution in [2.24, 2.45) is 0 Å². The standard InChI is InChI=1S/C23H28ClNO3/c1-17-11-10-12-18(2)22(17)25(16-9-5-3-4-6-15-21(26)27)23(28)19-13-7-8-14-20(19)24/h7-8,10-14H,3-6,9,15-16H2,1-2H3,(H,26,27). The van der Waals surface area contributed by atoms with Gasteiger partial charge in [-0.25, -0.2) is 0 Å². The molecule has 0 radical (unpaired) electrons. The fraction of sp³-hybridized carbons (Fsp3) is 0.391. The molecule has 2 rings (SSSR count). The summed E-state index contributed by atoms with van der Waals surface area (Å²) < 4.78 is 0. The van der Waals surface area contributed by atoms with Crippen molar-refractivity contribution >= 4 is 29.2 Å². The minimum absolute atomic E-state index is 0.0890. The number of hydrogen-bond acceptors (Lipinski definition) is 2. The molecule has 0 saturated heterocycles. The second-order valence-corrected chi connectivity index (χ2v) is 7.50. The summed E-state index contributed by atoms with van der Waals surface area (Å²) in [5.74, 6) is -0.833. The van der Waals surface area contributed by atoms with Gasteiger partial charge in [0.05, 0.1) is 10.6 Å². The Balaban J connectivity index is 2.11. The van der Waals surface area contributed by atoms with E-state index >= 15 is 0 Å². The third-order valence-corrected chi connectivity index (χ3v) is 5.16. The summed E-state index contributed by atoms with van der Waals surface area (Å²) >= 11 is 6.28. The van der Waals surface area contributed by atoms with Crippen LogP contribution in [0.1, 0.15) is 60.0 Å². The zero-order valence-electron chi connectivity index (χ0n) is 16.6. The lowest BCUT2D eigenvalue weighted by Crippen LogP contribution is -2.33. The predicted molar refractivity (Wildman–Crippen MR) is 114 cm³/mol. The van der Waals surface area contributed by atoms with Crippen molar-refractivity contribution in [3.63, 3.8) is 0 Å². The van der Waals surface area contributed by atoms with Gasteiger partial charge in [-0.1, -0.05) is 61.2 Å². The molecule has 0 atom stereocenters. The van der Waals surface area contributed by atoms with Crippen LogP contribution in [0.3, 0.4) is 0 Å². The smallest absolute Gasteiger partial charge is 0.303 e. The Morgan fingerprint density at radius 2 is 1.50 bits per heavy atom. The van der Waals surface area contributed by atoms with E-state index in [0.29, 0.717) is 23.6 Å². The highest BCUT2D eigenvalue weighted by Crippen LogP contribution is 2.28. The Hall–Kier alpha value is -2.33. The number of hydrogen-bond donors (Lipinski definition) is 1. The van der Waals surface area contributed by atoms with Gasteiger partial charge in [-0.05, 0) is 49.9 Å². The monoisotopic (exact) mass is 401 g/mol. The number of carboxylic acid groups (broad SMARTS) is 1. The van der Waals surface area contributed by atoms with E-state index in [1.807, 2.05) is 49.1 Å². The highest BCUT2D eigenvalue weighted by Gasteiger charge is 2.22. The van der Waals surface area contributed by atoms with Gasteiger partial charge in [0, 0.05) is 18.7 Å². The Morgan fingerprint density at radius 3 is 2.14 bits per heavy atom. The van der Waals surface area contributed by atoms with E-state index in [-0.39, 0.29) is 12.3 Å². The second-order valence-electron chi connectivity index (χ2n) is 7.09. The maximum atomic E-state index is 13.3. The third-order valence-electron chi connectivity index (χ3n) is 4.83. The lowest BCUT2D eigenvalue weighted by molar-refractivity contribution is -0.137. The van der Waals surface area contributed by atoms with E-state index < -0.39 is 5.97 Å². The Bertz CT molecular complexity index is 799. The highest BCUT2D eigenvalue weighted by molar-refractivity contribution is 6.34. The average molecular weight is 402 g/mol. The van der Waals surface area contributed by atoms with Crippen LogP contribution in [0.25, 0.3) is 0 Å². The van der Waals surface area contributed by atoms with Gasteiger partial charge in [-0.15, -0.1) is 0 Å². The molecule has 0 spiro atoms. The van der Waals surface area contributed by atoms with Crippen LogP contribution in [-0.4, -0.2) is 23.5 Å². The molecule has 0 unspecified atom stereocenters. The largest absolute Gasteiger partial charge is 0.481 e. The second kappa shape index (κ2) is 10.9. The van der Waals surface area contributed by atoms with Crippen molar-refractivity contribution in [2.45, 2.75) is 52.4 Å². The first kappa shape index (κ1) is 22.0. The molecule has 0 heterocycles. The molecule has 0 saturated carbocycles. The van der Waals surface area contributed by atoms with Gasteiger partial charge in [0.1, 0.15) is 0 Å². The van der Waals surface area contributed by atoms with E-state index in [9.17, 15) is 9.59 Å². The molecular weight excluding hydrogens is 374 g/mol. The number of halogens is 1. The fourth-order valence-corrected chi connectivity index (χ4v) is 3.62. The molecule has 2 aromatic carbocycles. The molecule has 2 aromatic rings. The summed E-state index contributed by atoms with van der Waals surface area (Å²) in [7, 11) is 0. The molecule has 1 N–H and O–H groups in total. The molecular formula is C23H28ClNO3. The first-order valence-electron chi connectivity index (χ1n) is 9.76. The fourth-order valence-electron chi connectivity index (χ4n) is 3.40. The van der Waals surface area contributed by atoms with Crippen molar-refractivity contribution < 1.29 is 14.7 Å². The molecule has 0 aromatic heterocycles. The zero-order valence-corrected chi connectivity index (χ0v) is 17.3. The van der Waals surface area contributed by atoms with Gasteiger partial charge in [0.15, 0.2) is 0 Å². The number of anilines is 1. The van der Waals surface area contributed by atoms with Crippen molar-refractivity contribution in [3.8, 4) is 0 Å². The Kier molecular flexibility index (Phi) is 8.52. The SMILES string of the molecule is Cc1cccc(C)c1N(CCCCCCCC(=O)O)C(=O)c1ccccc1Cl. The van der Waals surface area contributed by atoms with E-state index in [2.05, 4.69) is 0 Å². The number of carbonyl (C=O) groups is 2. The summed E-state index contributed by atoms with van der Waals surface area (Å²) in [4.78, 5) is 25.7. The lowest BCUT2D eigenvalue weighted by atomic mass is 10.0. The topological polar surface area (TPSA) is 57.6 Å². The Morgan fingerprint density at radius 1 is 0.893 bits per heavy atom. The number of unbranched alkanes of at least 4 members (excludes halogenated alkanes) is 4. The van der Waals surface area contributed by atoms with E-state index in [4.69, 9.17) is 16.7 Å². The van der Waals surface area contributed by atoms with Crippen LogP contribution >= 0.6 is 11.6 Å². The number of para-hydroxylation sites is 1. The van der Waals surface area contributed by atoms with Crippen LogP contribution in [0, 0.1) is 13.8 Å². The minimum Gasteiger partial charge on any atom is -0.481 e. The molecule has 5 heteroatoms. The lowest BCUT2D eigenvalue weighted by Gasteiger charge is -2.27. The van der Waals surface area contributed by atoms with Gasteiger partial charge >= 0.3 is 5.97 Å². The zero-order chi connectivity index (χ0) is 20.5. The molecule has 0 fully saturated rings. The summed E-state index contributed by atoms with van der Waals surface area (Å²) in [5, 5.41) is 9.16. The summed E-state index contributed by atoms with van der Waals surface area (Å²) in [5.41, 5.74) is 3.57. The number of carboxylic acids is 1. The number of benzene rings is 2. The summed E-state index contributed by atoms with van der Waals surface area (Å²) in [6.45, 7) is 4.64. The van der Waals surface area contributed by atoms with Crippen molar-refractivity contribution in [1.82, 2.24) is 0 Å². The number of aliphatic carboxylic acids is 1. The van der Waals surface area contributed by atoms with Gasteiger partial charge in [0.2, 0.25) is 0 Å². The molecule has 0 aliphatic carbocycles. The molecule has 0 aliphatic heterocycles. The van der Waals surface area contributed by atoms with Crippen LogP contribution in [0.2, 0.25) is 5.02 Å². The molecule has 1 amide bonds. The van der Waals surface area contributed by atoms with Gasteiger partial charge in [-0.2, -0.15) is 0 Å². The number of rotatable bonds is 10. The van der Waals surface area contributed by atoms with Crippen LogP contribution in [-0.2, 0) is 4.79 Å². The molecule has 0 bridgehead atoms. The van der Waals surface area contributed by atoms with Gasteiger partial charge in [0.25, 0.3) is 5.91 Å². The van der Waals surface area contributed by atoms with Crippen molar-refractivity contribution in [3.05, 3.63) is 64.2 Å². The number of aryl methyl sites for hydroxylation is 2. The number of amides is 1. The van der Waals surface area contributed by atoms with Crippen LogP contribution in [0.15, 0.2) is 42.5 Å². The first-order valence-corrected chi connectivity index (χ1v) is 10.1. The number of nitrogens with zero attached hydrogens (tertiary/aromatic N) is 1. The average Bonchev–Trinajstić information content (AvgIpc) is 2.65. The summed E-state index contributed by atoms with van der Waals surface area (Å²) in [6, 6.07) is 13.2. The van der Waals surface area contributed by atoms with Crippen LogP contribution in [0.5, 0.6) is 0 Å². The molecule has 28 heavy (non-hydrogen) atoms. The maximum absolute atomic E-state index is 13.3. The third kappa shape index (κ3) is 6.10. The Labute approximate surface area is 172 Å². The van der Waals surface area contributed by atoms with Crippen molar-refractivity contribution in [2.75, 3.05) is 11.4 Å². The van der Waals surface area contributed by atoms with Gasteiger partial charge in [-0.3, -0.25) is 9.59 Å².